The van der Waals surface area contributed by atoms with Gasteiger partial charge in [0.2, 0.25) is 0 Å². The van der Waals surface area contributed by atoms with Gasteiger partial charge in [0.1, 0.15) is 0 Å². The van der Waals surface area contributed by atoms with Gasteiger partial charge in [-0.15, -0.1) is 0 Å². The van der Waals surface area contributed by atoms with Gasteiger partial charge in [0.05, 0.1) is 18.8 Å². The molecule has 1 aromatic rings. The van der Waals surface area contributed by atoms with Crippen LogP contribution in [0.15, 0.2) is 30.3 Å². The average molecular weight is 274 g/mol. The lowest BCUT2D eigenvalue weighted by atomic mass is 10.1. The fourth-order valence-corrected chi connectivity index (χ4v) is 3.32. The van der Waals surface area contributed by atoms with Crippen LogP contribution in [0.1, 0.15) is 26.3 Å². The van der Waals surface area contributed by atoms with Crippen LogP contribution < -0.4 is 0 Å². The summed E-state index contributed by atoms with van der Waals surface area (Å²) in [6.07, 6.45) is 0.381. The predicted molar refractivity (Wildman–Crippen MR) is 81.7 cm³/mol. The molecule has 2 aliphatic heterocycles. The zero-order valence-electron chi connectivity index (χ0n) is 12.9. The second kappa shape index (κ2) is 5.47. The quantitative estimate of drug-likeness (QED) is 0.823. The van der Waals surface area contributed by atoms with Crippen molar-refractivity contribution in [2.75, 3.05) is 26.2 Å². The normalized spacial score (nSPS) is 28.6. The highest BCUT2D eigenvalue weighted by atomic mass is 16.5. The van der Waals surface area contributed by atoms with Gasteiger partial charge in [-0.05, 0) is 26.3 Å². The van der Waals surface area contributed by atoms with E-state index in [2.05, 4.69) is 60.9 Å². The Morgan fingerprint density at radius 1 is 1.15 bits per heavy atom. The second-order valence-corrected chi connectivity index (χ2v) is 7.01. The summed E-state index contributed by atoms with van der Waals surface area (Å²) in [5, 5.41) is 0. The van der Waals surface area contributed by atoms with E-state index in [4.69, 9.17) is 4.74 Å². The van der Waals surface area contributed by atoms with Gasteiger partial charge >= 0.3 is 0 Å². The number of ether oxygens (including phenoxy) is 1. The van der Waals surface area contributed by atoms with Crippen LogP contribution in [0.25, 0.3) is 0 Å². The SMILES string of the molecule is CC(C)(C)N1C[C@@H]2[C@@H](C1)OCCN2Cc1ccccc1. The molecule has 3 nitrogen and oxygen atoms in total. The zero-order chi connectivity index (χ0) is 14.2. The monoisotopic (exact) mass is 274 g/mol. The number of hydrogen-bond acceptors (Lipinski definition) is 3. The highest BCUT2D eigenvalue weighted by Crippen LogP contribution is 2.28. The summed E-state index contributed by atoms with van der Waals surface area (Å²) >= 11 is 0. The van der Waals surface area contributed by atoms with Crippen molar-refractivity contribution in [1.82, 2.24) is 9.80 Å². The van der Waals surface area contributed by atoms with Crippen molar-refractivity contribution >= 4 is 0 Å². The van der Waals surface area contributed by atoms with Crippen molar-refractivity contribution in [3.8, 4) is 0 Å². The van der Waals surface area contributed by atoms with Crippen molar-refractivity contribution in [1.29, 1.82) is 0 Å². The summed E-state index contributed by atoms with van der Waals surface area (Å²) in [5.74, 6) is 0. The smallest absolute Gasteiger partial charge is 0.0870 e. The first-order valence-corrected chi connectivity index (χ1v) is 7.69. The van der Waals surface area contributed by atoms with E-state index in [1.807, 2.05) is 0 Å². The largest absolute Gasteiger partial charge is 0.374 e. The molecular weight excluding hydrogens is 248 g/mol. The third-order valence-corrected chi connectivity index (χ3v) is 4.59. The summed E-state index contributed by atoms with van der Waals surface area (Å²) < 4.78 is 6.01. The molecule has 0 aliphatic carbocycles. The van der Waals surface area contributed by atoms with Crippen molar-refractivity contribution in [2.24, 2.45) is 0 Å². The van der Waals surface area contributed by atoms with Crippen LogP contribution in [0, 0.1) is 0 Å². The molecule has 2 heterocycles. The van der Waals surface area contributed by atoms with Gasteiger partial charge < -0.3 is 4.74 Å². The van der Waals surface area contributed by atoms with E-state index in [9.17, 15) is 0 Å². The topological polar surface area (TPSA) is 15.7 Å². The molecular formula is C17H26N2O. The Labute approximate surface area is 122 Å². The fraction of sp³-hybridized carbons (Fsp3) is 0.647. The standard InChI is InChI=1S/C17H26N2O/c1-17(2,3)19-12-15-16(13-19)20-10-9-18(15)11-14-7-5-4-6-8-14/h4-8,15-16H,9-13H2,1-3H3/t15-,16-/m1/s1. The van der Waals surface area contributed by atoms with Crippen LogP contribution in [-0.4, -0.2) is 53.7 Å². The lowest BCUT2D eigenvalue weighted by Gasteiger charge is -2.37. The summed E-state index contributed by atoms with van der Waals surface area (Å²) in [6, 6.07) is 11.3. The molecule has 0 saturated carbocycles. The van der Waals surface area contributed by atoms with Crippen LogP contribution in [0.5, 0.6) is 0 Å². The van der Waals surface area contributed by atoms with Crippen molar-refractivity contribution in [3.05, 3.63) is 35.9 Å². The Morgan fingerprint density at radius 3 is 2.60 bits per heavy atom. The Bertz CT molecular complexity index is 440. The molecule has 20 heavy (non-hydrogen) atoms. The number of benzene rings is 1. The van der Waals surface area contributed by atoms with Crippen molar-refractivity contribution in [2.45, 2.75) is 45.0 Å². The van der Waals surface area contributed by atoms with E-state index in [-0.39, 0.29) is 5.54 Å². The van der Waals surface area contributed by atoms with Gasteiger partial charge in [-0.2, -0.15) is 0 Å². The molecule has 2 saturated heterocycles. The molecule has 0 aromatic heterocycles. The zero-order valence-corrected chi connectivity index (χ0v) is 12.9. The van der Waals surface area contributed by atoms with Gasteiger partial charge in [0.25, 0.3) is 0 Å². The third kappa shape index (κ3) is 2.90. The van der Waals surface area contributed by atoms with Crippen LogP contribution in [0.2, 0.25) is 0 Å². The van der Waals surface area contributed by atoms with E-state index >= 15 is 0 Å². The summed E-state index contributed by atoms with van der Waals surface area (Å²) in [6.45, 7) is 12.0. The van der Waals surface area contributed by atoms with Gasteiger partial charge in [-0.3, -0.25) is 9.80 Å². The van der Waals surface area contributed by atoms with Crippen LogP contribution >= 0.6 is 0 Å². The van der Waals surface area contributed by atoms with E-state index in [1.54, 1.807) is 0 Å². The van der Waals surface area contributed by atoms with E-state index < -0.39 is 0 Å². The molecule has 0 N–H and O–H groups in total. The Balaban J connectivity index is 1.70. The molecule has 3 heteroatoms. The molecule has 3 rings (SSSR count). The Hall–Kier alpha value is -0.900. The van der Waals surface area contributed by atoms with Crippen molar-refractivity contribution < 1.29 is 4.74 Å². The number of morpholine rings is 1. The van der Waals surface area contributed by atoms with Crippen LogP contribution in [-0.2, 0) is 11.3 Å². The van der Waals surface area contributed by atoms with E-state index in [1.165, 1.54) is 5.56 Å². The maximum atomic E-state index is 6.01. The summed E-state index contributed by atoms with van der Waals surface area (Å²) in [5.41, 5.74) is 1.64. The number of likely N-dealkylation sites (tertiary alicyclic amines) is 1. The average Bonchev–Trinajstić information content (AvgIpc) is 2.85. The van der Waals surface area contributed by atoms with Gasteiger partial charge in [0.15, 0.2) is 0 Å². The lowest BCUT2D eigenvalue weighted by Crippen LogP contribution is -2.50. The first kappa shape index (κ1) is 14.1. The molecule has 0 spiro atoms. The molecule has 1 aromatic carbocycles. The first-order valence-electron chi connectivity index (χ1n) is 7.69. The van der Waals surface area contributed by atoms with Crippen molar-refractivity contribution in [3.63, 3.8) is 0 Å². The second-order valence-electron chi connectivity index (χ2n) is 7.01. The van der Waals surface area contributed by atoms with Gasteiger partial charge in [-0.25, -0.2) is 0 Å². The predicted octanol–water partition coefficient (Wildman–Crippen LogP) is 2.37. The van der Waals surface area contributed by atoms with Gasteiger partial charge in [0, 0.05) is 31.7 Å². The molecule has 0 radical (unpaired) electrons. The fourth-order valence-electron chi connectivity index (χ4n) is 3.32. The minimum Gasteiger partial charge on any atom is -0.374 e. The molecule has 0 amide bonds. The summed E-state index contributed by atoms with van der Waals surface area (Å²) in [7, 11) is 0. The highest BCUT2D eigenvalue weighted by molar-refractivity contribution is 5.15. The minimum absolute atomic E-state index is 0.235. The molecule has 2 fully saturated rings. The first-order chi connectivity index (χ1) is 9.54. The molecule has 0 bridgehead atoms. The minimum atomic E-state index is 0.235. The number of rotatable bonds is 2. The lowest BCUT2D eigenvalue weighted by molar-refractivity contribution is -0.0507. The van der Waals surface area contributed by atoms with E-state index in [0.717, 1.165) is 32.8 Å². The van der Waals surface area contributed by atoms with E-state index in [0.29, 0.717) is 12.1 Å². The Morgan fingerprint density at radius 2 is 1.90 bits per heavy atom. The summed E-state index contributed by atoms with van der Waals surface area (Å²) in [4.78, 5) is 5.17. The maximum absolute atomic E-state index is 6.01. The van der Waals surface area contributed by atoms with Gasteiger partial charge in [-0.1, -0.05) is 30.3 Å². The maximum Gasteiger partial charge on any atom is 0.0870 e. The third-order valence-electron chi connectivity index (χ3n) is 4.59. The number of fused-ring (bicyclic) bond motifs is 1. The number of nitrogens with zero attached hydrogens (tertiary/aromatic N) is 2. The molecule has 0 unspecified atom stereocenters. The van der Waals surface area contributed by atoms with Crippen LogP contribution in [0.4, 0.5) is 0 Å². The molecule has 2 atom stereocenters. The molecule has 110 valence electrons. The van der Waals surface area contributed by atoms with Crippen LogP contribution in [0.3, 0.4) is 0 Å². The number of hydrogen-bond donors (Lipinski definition) is 0. The molecule has 2 aliphatic rings. The highest BCUT2D eigenvalue weighted by Gasteiger charge is 2.42. The Kier molecular flexibility index (Phi) is 3.85.